The first kappa shape index (κ1) is 19.1. The number of aliphatic imine (C=N–C) groups is 1. The number of aromatic nitrogens is 1. The second-order valence-corrected chi connectivity index (χ2v) is 7.81. The number of nitrogens with zero attached hydrogens (tertiary/aromatic N) is 3. The molecule has 2 N–H and O–H groups in total. The molecule has 2 aromatic rings. The van der Waals surface area contributed by atoms with Crippen molar-refractivity contribution in [2.24, 2.45) is 12.0 Å². The molecule has 26 heavy (non-hydrogen) atoms. The van der Waals surface area contributed by atoms with Crippen LogP contribution >= 0.6 is 34.5 Å². The van der Waals surface area contributed by atoms with Crippen LogP contribution in [0.4, 0.5) is 0 Å². The molecule has 140 valence electrons. The summed E-state index contributed by atoms with van der Waals surface area (Å²) in [6, 6.07) is 3.91. The maximum absolute atomic E-state index is 12.5. The maximum atomic E-state index is 12.5. The van der Waals surface area contributed by atoms with E-state index in [-0.39, 0.29) is 12.5 Å². The second kappa shape index (κ2) is 8.33. The zero-order valence-corrected chi connectivity index (χ0v) is 17.0. The van der Waals surface area contributed by atoms with Crippen molar-refractivity contribution in [1.82, 2.24) is 20.1 Å². The van der Waals surface area contributed by atoms with Crippen LogP contribution in [0.15, 0.2) is 22.5 Å². The molecule has 9 heteroatoms. The van der Waals surface area contributed by atoms with Crippen LogP contribution in [0.25, 0.3) is 0 Å². The maximum Gasteiger partial charge on any atom is 0.242 e. The zero-order chi connectivity index (χ0) is 18.7. The minimum atomic E-state index is 0.0646. The van der Waals surface area contributed by atoms with Gasteiger partial charge in [-0.2, -0.15) is 0 Å². The summed E-state index contributed by atoms with van der Waals surface area (Å²) in [5.74, 6) is 0.620. The van der Waals surface area contributed by atoms with Gasteiger partial charge in [-0.15, -0.1) is 11.3 Å². The summed E-state index contributed by atoms with van der Waals surface area (Å²) in [6.45, 7) is 2.15. The number of guanidine groups is 1. The number of carbonyl (C=O) groups is 1. The molecule has 0 fully saturated rings. The Bertz CT molecular complexity index is 829. The van der Waals surface area contributed by atoms with Gasteiger partial charge in [0.15, 0.2) is 5.96 Å². The van der Waals surface area contributed by atoms with Gasteiger partial charge in [-0.3, -0.25) is 9.79 Å². The SMILES string of the molecule is CN=C(NCC(=O)N1CCc2sccc2C1)NCc1cc(Cl)c(Cl)n1C. The van der Waals surface area contributed by atoms with Crippen LogP contribution in [-0.4, -0.2) is 41.5 Å². The van der Waals surface area contributed by atoms with Gasteiger partial charge in [0.25, 0.3) is 0 Å². The topological polar surface area (TPSA) is 61.7 Å². The Morgan fingerprint density at radius 3 is 2.88 bits per heavy atom. The lowest BCUT2D eigenvalue weighted by Crippen LogP contribution is -2.45. The van der Waals surface area contributed by atoms with Crippen LogP contribution in [0.3, 0.4) is 0 Å². The second-order valence-electron chi connectivity index (χ2n) is 6.05. The van der Waals surface area contributed by atoms with Crippen molar-refractivity contribution in [2.45, 2.75) is 19.5 Å². The fourth-order valence-electron chi connectivity index (χ4n) is 2.89. The first-order chi connectivity index (χ1) is 12.5. The lowest BCUT2D eigenvalue weighted by Gasteiger charge is -2.27. The molecule has 0 atom stereocenters. The van der Waals surface area contributed by atoms with Crippen LogP contribution in [0.5, 0.6) is 0 Å². The Morgan fingerprint density at radius 1 is 1.38 bits per heavy atom. The Morgan fingerprint density at radius 2 is 2.19 bits per heavy atom. The van der Waals surface area contributed by atoms with Gasteiger partial charge >= 0.3 is 0 Å². The summed E-state index contributed by atoms with van der Waals surface area (Å²) in [5.41, 5.74) is 2.19. The molecule has 6 nitrogen and oxygen atoms in total. The highest BCUT2D eigenvalue weighted by Gasteiger charge is 2.21. The zero-order valence-electron chi connectivity index (χ0n) is 14.7. The van der Waals surface area contributed by atoms with Crippen molar-refractivity contribution in [3.63, 3.8) is 0 Å². The molecule has 0 radical (unpaired) electrons. The van der Waals surface area contributed by atoms with Gasteiger partial charge < -0.3 is 20.1 Å². The van der Waals surface area contributed by atoms with E-state index in [1.165, 1.54) is 10.4 Å². The van der Waals surface area contributed by atoms with Gasteiger partial charge in [0.2, 0.25) is 5.91 Å². The molecular formula is C17H21Cl2N5OS. The van der Waals surface area contributed by atoms with Crippen LogP contribution < -0.4 is 10.6 Å². The van der Waals surface area contributed by atoms with Crippen molar-refractivity contribution < 1.29 is 4.79 Å². The van der Waals surface area contributed by atoms with Gasteiger partial charge in [-0.05, 0) is 29.5 Å². The third-order valence-electron chi connectivity index (χ3n) is 4.44. The molecule has 3 heterocycles. The van der Waals surface area contributed by atoms with Gasteiger partial charge in [0.05, 0.1) is 18.1 Å². The third kappa shape index (κ3) is 4.16. The van der Waals surface area contributed by atoms with E-state index in [2.05, 4.69) is 27.1 Å². The number of nitrogens with one attached hydrogen (secondary N) is 2. The Labute approximate surface area is 166 Å². The normalized spacial score (nSPS) is 14.3. The first-order valence-corrected chi connectivity index (χ1v) is 9.90. The number of hydrogen-bond donors (Lipinski definition) is 2. The largest absolute Gasteiger partial charge is 0.351 e. The van der Waals surface area contributed by atoms with E-state index in [1.54, 1.807) is 18.4 Å². The van der Waals surface area contributed by atoms with Gasteiger partial charge in [-0.25, -0.2) is 0 Å². The number of thiophene rings is 1. The molecule has 0 aliphatic carbocycles. The monoisotopic (exact) mass is 413 g/mol. The van der Waals surface area contributed by atoms with Crippen molar-refractivity contribution in [3.05, 3.63) is 43.8 Å². The Balaban J connectivity index is 1.49. The fourth-order valence-corrected chi connectivity index (χ4v) is 4.19. The predicted molar refractivity (Wildman–Crippen MR) is 107 cm³/mol. The van der Waals surface area contributed by atoms with E-state index in [0.717, 1.165) is 18.7 Å². The van der Waals surface area contributed by atoms with Crippen molar-refractivity contribution in [3.8, 4) is 0 Å². The summed E-state index contributed by atoms with van der Waals surface area (Å²) in [6.07, 6.45) is 0.931. The van der Waals surface area contributed by atoms with E-state index in [1.807, 2.05) is 22.6 Å². The number of carbonyl (C=O) groups excluding carboxylic acids is 1. The molecule has 0 unspecified atom stereocenters. The van der Waals surface area contributed by atoms with Crippen LogP contribution in [0.2, 0.25) is 10.2 Å². The minimum absolute atomic E-state index is 0.0646. The van der Waals surface area contributed by atoms with E-state index in [4.69, 9.17) is 23.2 Å². The molecule has 1 aliphatic rings. The lowest BCUT2D eigenvalue weighted by atomic mass is 10.1. The summed E-state index contributed by atoms with van der Waals surface area (Å²) in [4.78, 5) is 19.9. The fraction of sp³-hybridized carbons (Fsp3) is 0.412. The summed E-state index contributed by atoms with van der Waals surface area (Å²) in [5, 5.41) is 9.34. The number of rotatable bonds is 4. The van der Waals surface area contributed by atoms with Crippen LogP contribution in [0.1, 0.15) is 16.1 Å². The molecule has 0 bridgehead atoms. The average Bonchev–Trinajstić information content (AvgIpc) is 3.21. The molecule has 0 spiro atoms. The summed E-state index contributed by atoms with van der Waals surface area (Å²) in [7, 11) is 3.52. The molecular weight excluding hydrogens is 393 g/mol. The standard InChI is InChI=1S/C17H21Cl2N5OS/c1-20-17(21-8-12-7-13(18)16(19)23(12)2)22-9-15(25)24-5-3-14-11(10-24)4-6-26-14/h4,6-7H,3,5,8-10H2,1-2H3,(H2,20,21,22). The highest BCUT2D eigenvalue weighted by atomic mass is 35.5. The Kier molecular flexibility index (Phi) is 6.11. The highest BCUT2D eigenvalue weighted by Crippen LogP contribution is 2.25. The number of hydrogen-bond acceptors (Lipinski definition) is 3. The molecule has 1 amide bonds. The van der Waals surface area contributed by atoms with Gasteiger partial charge in [0, 0.05) is 37.8 Å². The molecule has 0 saturated heterocycles. The molecule has 2 aromatic heterocycles. The van der Waals surface area contributed by atoms with Crippen molar-refractivity contribution >= 4 is 46.4 Å². The minimum Gasteiger partial charge on any atom is -0.351 e. The van der Waals surface area contributed by atoms with E-state index in [9.17, 15) is 4.79 Å². The van der Waals surface area contributed by atoms with Crippen LogP contribution in [-0.2, 0) is 31.4 Å². The number of fused-ring (bicyclic) bond motifs is 1. The molecule has 0 saturated carbocycles. The first-order valence-electron chi connectivity index (χ1n) is 8.26. The van der Waals surface area contributed by atoms with Gasteiger partial charge in [-0.1, -0.05) is 23.2 Å². The van der Waals surface area contributed by atoms with Crippen molar-refractivity contribution in [1.29, 1.82) is 0 Å². The van der Waals surface area contributed by atoms with Gasteiger partial charge in [0.1, 0.15) is 5.15 Å². The number of amides is 1. The molecule has 3 rings (SSSR count). The third-order valence-corrected chi connectivity index (χ3v) is 6.31. The van der Waals surface area contributed by atoms with E-state index >= 15 is 0 Å². The summed E-state index contributed by atoms with van der Waals surface area (Å²) >= 11 is 13.9. The molecule has 0 aromatic carbocycles. The van der Waals surface area contributed by atoms with Crippen LogP contribution in [0, 0.1) is 0 Å². The van der Waals surface area contributed by atoms with Crippen molar-refractivity contribution in [2.75, 3.05) is 20.1 Å². The average molecular weight is 414 g/mol. The summed E-state index contributed by atoms with van der Waals surface area (Å²) < 4.78 is 1.81. The predicted octanol–water partition coefficient (Wildman–Crippen LogP) is 2.64. The quantitative estimate of drug-likeness (QED) is 0.598. The smallest absolute Gasteiger partial charge is 0.242 e. The number of halogens is 2. The highest BCUT2D eigenvalue weighted by molar-refractivity contribution is 7.10. The van der Waals surface area contributed by atoms with E-state index in [0.29, 0.717) is 29.2 Å². The lowest BCUT2D eigenvalue weighted by molar-refractivity contribution is -0.130. The molecule has 1 aliphatic heterocycles. The van der Waals surface area contributed by atoms with E-state index < -0.39 is 0 Å². The Hall–Kier alpha value is -1.70.